The van der Waals surface area contributed by atoms with E-state index in [-0.39, 0.29) is 11.8 Å². The molecule has 1 saturated carbocycles. The number of nitrogens with one attached hydrogen (secondary N) is 2. The van der Waals surface area contributed by atoms with Gasteiger partial charge in [0.1, 0.15) is 11.2 Å². The summed E-state index contributed by atoms with van der Waals surface area (Å²) >= 11 is 6.09. The van der Waals surface area contributed by atoms with Crippen molar-refractivity contribution in [3.05, 3.63) is 58.6 Å². The lowest BCUT2D eigenvalue weighted by atomic mass is 10.0. The molecule has 2 aromatic carbocycles. The third-order valence-corrected chi connectivity index (χ3v) is 5.09. The maximum absolute atomic E-state index is 12.6. The van der Waals surface area contributed by atoms with Crippen LogP contribution in [0, 0.1) is 12.3 Å². The fraction of sp³-hybridized carbons (Fsp3) is 0.300. The first-order chi connectivity index (χ1) is 12.5. The first-order valence-electron chi connectivity index (χ1n) is 8.44. The van der Waals surface area contributed by atoms with E-state index in [0.29, 0.717) is 35.8 Å². The Kier molecular flexibility index (Phi) is 5.18. The van der Waals surface area contributed by atoms with Crippen molar-refractivity contribution >= 4 is 29.1 Å². The normalized spacial score (nSPS) is 14.4. The monoisotopic (exact) mass is 372 g/mol. The molecule has 0 heterocycles. The molecule has 2 amide bonds. The molecule has 0 bridgehead atoms. The molecule has 5 nitrogen and oxygen atoms in total. The smallest absolute Gasteiger partial charge is 0.240 e. The Morgan fingerprint density at radius 2 is 1.88 bits per heavy atom. The van der Waals surface area contributed by atoms with Gasteiger partial charge in [-0.3, -0.25) is 9.59 Å². The van der Waals surface area contributed by atoms with Crippen LogP contribution in [-0.2, 0) is 16.1 Å². The summed E-state index contributed by atoms with van der Waals surface area (Å²) < 4.78 is 5.28. The van der Waals surface area contributed by atoms with Gasteiger partial charge in [0, 0.05) is 22.8 Å². The molecule has 0 radical (unpaired) electrons. The zero-order chi connectivity index (χ0) is 18.7. The number of carbonyl (C=O) groups excluding carboxylic acids is 2. The van der Waals surface area contributed by atoms with Crippen LogP contribution >= 0.6 is 11.6 Å². The number of ether oxygens (including phenoxy) is 1. The van der Waals surface area contributed by atoms with Crippen molar-refractivity contribution in [3.8, 4) is 5.75 Å². The van der Waals surface area contributed by atoms with Crippen molar-refractivity contribution in [3.63, 3.8) is 0 Å². The summed E-state index contributed by atoms with van der Waals surface area (Å²) in [6, 6.07) is 12.8. The van der Waals surface area contributed by atoms with Gasteiger partial charge in [0.05, 0.1) is 7.11 Å². The van der Waals surface area contributed by atoms with E-state index in [9.17, 15) is 9.59 Å². The summed E-state index contributed by atoms with van der Waals surface area (Å²) in [5.41, 5.74) is 1.39. The van der Waals surface area contributed by atoms with Gasteiger partial charge in [-0.1, -0.05) is 35.9 Å². The highest BCUT2D eigenvalue weighted by Gasteiger charge is 2.56. The number of amides is 2. The van der Waals surface area contributed by atoms with Crippen molar-refractivity contribution in [1.29, 1.82) is 0 Å². The fourth-order valence-corrected chi connectivity index (χ4v) is 2.98. The van der Waals surface area contributed by atoms with Crippen LogP contribution in [0.2, 0.25) is 5.02 Å². The molecular weight excluding hydrogens is 352 g/mol. The van der Waals surface area contributed by atoms with Crippen LogP contribution in [0.25, 0.3) is 0 Å². The van der Waals surface area contributed by atoms with Gasteiger partial charge < -0.3 is 15.4 Å². The molecule has 0 aromatic heterocycles. The lowest BCUT2D eigenvalue weighted by molar-refractivity contribution is -0.134. The zero-order valence-electron chi connectivity index (χ0n) is 14.8. The topological polar surface area (TPSA) is 67.4 Å². The average Bonchev–Trinajstić information content (AvgIpc) is 3.45. The number of hydrogen-bond donors (Lipinski definition) is 2. The molecule has 26 heavy (non-hydrogen) atoms. The summed E-state index contributed by atoms with van der Waals surface area (Å²) in [6.07, 6.45) is 1.08. The number of halogens is 1. The summed E-state index contributed by atoms with van der Waals surface area (Å²) in [7, 11) is 1.59. The van der Waals surface area contributed by atoms with Crippen LogP contribution in [0.5, 0.6) is 5.75 Å². The van der Waals surface area contributed by atoms with E-state index in [0.717, 1.165) is 11.1 Å². The van der Waals surface area contributed by atoms with Gasteiger partial charge in [0.25, 0.3) is 0 Å². The summed E-state index contributed by atoms with van der Waals surface area (Å²) in [4.78, 5) is 25.2. The molecule has 1 fully saturated rings. The first kappa shape index (κ1) is 18.3. The average molecular weight is 373 g/mol. The Morgan fingerprint density at radius 1 is 1.15 bits per heavy atom. The second-order valence-corrected chi connectivity index (χ2v) is 6.90. The fourth-order valence-electron chi connectivity index (χ4n) is 2.80. The Hall–Kier alpha value is -2.53. The number of carbonyl (C=O) groups is 2. The Labute approximate surface area is 157 Å². The zero-order valence-corrected chi connectivity index (χ0v) is 15.5. The molecule has 6 heteroatoms. The molecule has 3 rings (SSSR count). The van der Waals surface area contributed by atoms with Crippen LogP contribution < -0.4 is 15.4 Å². The van der Waals surface area contributed by atoms with Gasteiger partial charge in [-0.2, -0.15) is 0 Å². The lowest BCUT2D eigenvalue weighted by Crippen LogP contribution is -2.39. The van der Waals surface area contributed by atoms with Gasteiger partial charge >= 0.3 is 0 Å². The highest BCUT2D eigenvalue weighted by Crippen LogP contribution is 2.47. The molecule has 0 aliphatic heterocycles. The minimum absolute atomic E-state index is 0.265. The van der Waals surface area contributed by atoms with Crippen molar-refractivity contribution in [1.82, 2.24) is 5.32 Å². The van der Waals surface area contributed by atoms with E-state index >= 15 is 0 Å². The predicted molar refractivity (Wildman–Crippen MR) is 101 cm³/mol. The largest absolute Gasteiger partial charge is 0.496 e. The van der Waals surface area contributed by atoms with Gasteiger partial charge in [0.15, 0.2) is 0 Å². The quantitative estimate of drug-likeness (QED) is 0.760. The molecule has 0 spiro atoms. The van der Waals surface area contributed by atoms with Crippen LogP contribution in [0.3, 0.4) is 0 Å². The number of rotatable bonds is 6. The number of para-hydroxylation sites is 1. The number of anilines is 1. The van der Waals surface area contributed by atoms with E-state index in [1.807, 2.05) is 37.3 Å². The highest BCUT2D eigenvalue weighted by molar-refractivity contribution is 6.31. The van der Waals surface area contributed by atoms with Crippen molar-refractivity contribution in [2.75, 3.05) is 12.4 Å². The van der Waals surface area contributed by atoms with Crippen molar-refractivity contribution < 1.29 is 14.3 Å². The Bertz CT molecular complexity index is 847. The summed E-state index contributed by atoms with van der Waals surface area (Å²) in [6.45, 7) is 2.20. The minimum Gasteiger partial charge on any atom is -0.496 e. The van der Waals surface area contributed by atoms with E-state index in [4.69, 9.17) is 16.3 Å². The lowest BCUT2D eigenvalue weighted by Gasteiger charge is -2.16. The number of hydrogen-bond acceptors (Lipinski definition) is 3. The molecular formula is C20H21ClN2O3. The molecule has 0 atom stereocenters. The second-order valence-electron chi connectivity index (χ2n) is 6.49. The molecule has 2 aromatic rings. The highest BCUT2D eigenvalue weighted by atomic mass is 35.5. The molecule has 1 aliphatic carbocycles. The van der Waals surface area contributed by atoms with Crippen LogP contribution in [0.1, 0.15) is 24.0 Å². The maximum atomic E-state index is 12.6. The molecule has 1 aliphatic rings. The van der Waals surface area contributed by atoms with E-state index < -0.39 is 5.41 Å². The number of methoxy groups -OCH3 is 1. The molecule has 0 saturated heterocycles. The van der Waals surface area contributed by atoms with E-state index in [1.165, 1.54) is 0 Å². The van der Waals surface area contributed by atoms with E-state index in [2.05, 4.69) is 10.6 Å². The molecule has 2 N–H and O–H groups in total. The molecule has 136 valence electrons. The summed E-state index contributed by atoms with van der Waals surface area (Å²) in [5.74, 6) is 0.144. The number of aryl methyl sites for hydroxylation is 1. The molecule has 0 unspecified atom stereocenters. The third kappa shape index (κ3) is 3.68. The maximum Gasteiger partial charge on any atom is 0.240 e. The van der Waals surface area contributed by atoms with Gasteiger partial charge in [-0.15, -0.1) is 0 Å². The van der Waals surface area contributed by atoms with Gasteiger partial charge in [-0.25, -0.2) is 0 Å². The van der Waals surface area contributed by atoms with Crippen molar-refractivity contribution in [2.45, 2.75) is 26.3 Å². The third-order valence-electron chi connectivity index (χ3n) is 4.68. The predicted octanol–water partition coefficient (Wildman–Crippen LogP) is 3.69. The van der Waals surface area contributed by atoms with E-state index in [1.54, 1.807) is 19.2 Å². The number of benzene rings is 2. The van der Waals surface area contributed by atoms with Crippen molar-refractivity contribution in [2.24, 2.45) is 5.41 Å². The standard InChI is InChI=1S/C20H21ClN2O3/c1-13-7-8-15(11-16(13)21)23-19(25)20(9-10-20)18(24)22-12-14-5-3-4-6-17(14)26-2/h3-8,11H,9-10,12H2,1-2H3,(H,22,24)(H,23,25). The summed E-state index contributed by atoms with van der Waals surface area (Å²) in [5, 5.41) is 6.24. The SMILES string of the molecule is COc1ccccc1CNC(=O)C1(C(=O)Nc2ccc(C)c(Cl)c2)CC1. The van der Waals surface area contributed by atoms with Crippen LogP contribution in [0.4, 0.5) is 5.69 Å². The Morgan fingerprint density at radius 3 is 2.54 bits per heavy atom. The van der Waals surface area contributed by atoms with Gasteiger partial charge in [0.2, 0.25) is 11.8 Å². The van der Waals surface area contributed by atoms with Crippen LogP contribution in [-0.4, -0.2) is 18.9 Å². The minimum atomic E-state index is -1.00. The second kappa shape index (κ2) is 7.38. The first-order valence-corrected chi connectivity index (χ1v) is 8.82. The van der Waals surface area contributed by atoms with Crippen LogP contribution in [0.15, 0.2) is 42.5 Å². The Balaban J connectivity index is 1.64. The van der Waals surface area contributed by atoms with Gasteiger partial charge in [-0.05, 0) is 43.5 Å².